The average Bonchev–Trinajstić information content (AvgIpc) is 3.55. The number of hydrogen-bond acceptors (Lipinski definition) is 8. The van der Waals surface area contributed by atoms with Gasteiger partial charge in [-0.05, 0) is 56.2 Å². The number of phenols is 1. The van der Waals surface area contributed by atoms with E-state index in [1.54, 1.807) is 6.07 Å². The predicted octanol–water partition coefficient (Wildman–Crippen LogP) is 1.33. The number of Topliss-reactive ketones (excluding diaryl/α,β-unsaturated/α-hetero) is 1. The van der Waals surface area contributed by atoms with Crippen LogP contribution < -0.4 is 4.74 Å². The van der Waals surface area contributed by atoms with E-state index in [9.17, 15) is 24.6 Å². The summed E-state index contributed by atoms with van der Waals surface area (Å²) in [5.74, 6) is -0.447. The monoisotopic (exact) mass is 471 g/mol. The van der Waals surface area contributed by atoms with Crippen LogP contribution in [0.4, 0.5) is 0 Å². The van der Waals surface area contributed by atoms with Crippen molar-refractivity contribution in [3.63, 3.8) is 0 Å². The number of rotatable bonds is 4. The maximum absolute atomic E-state index is 12.7. The molecule has 3 fully saturated rings. The lowest BCUT2D eigenvalue weighted by Crippen LogP contribution is -2.76. The molecule has 0 unspecified atom stereocenters. The number of methoxy groups -OCH3 is 1. The summed E-state index contributed by atoms with van der Waals surface area (Å²) < 4.78 is 10.1. The van der Waals surface area contributed by atoms with E-state index in [0.29, 0.717) is 24.7 Å². The van der Waals surface area contributed by atoms with Gasteiger partial charge in [-0.15, -0.1) is 0 Å². The summed E-state index contributed by atoms with van der Waals surface area (Å²) in [5, 5.41) is 30.3. The Labute approximate surface area is 197 Å². The smallest absolute Gasteiger partial charge is 0.330 e. The second-order valence-corrected chi connectivity index (χ2v) is 9.91. The molecule has 2 aliphatic heterocycles. The summed E-state index contributed by atoms with van der Waals surface area (Å²) in [6.45, 7) is 1.95. The van der Waals surface area contributed by atoms with Gasteiger partial charge in [0.2, 0.25) is 0 Å². The maximum Gasteiger partial charge on any atom is 0.330 e. The molecule has 2 bridgehead atoms. The molecule has 4 atom stereocenters. The number of ether oxygens (including phenoxy) is 2. The highest BCUT2D eigenvalue weighted by molar-refractivity contribution is 5.91. The molecule has 6 rings (SSSR count). The van der Waals surface area contributed by atoms with E-state index in [0.717, 1.165) is 49.1 Å². The van der Waals surface area contributed by atoms with Crippen LogP contribution >= 0.6 is 0 Å². The number of likely N-dealkylation sites (tertiary alicyclic amines) is 1. The van der Waals surface area contributed by atoms with Gasteiger partial charge in [0.25, 0.3) is 0 Å². The van der Waals surface area contributed by atoms with Crippen molar-refractivity contribution in [2.75, 3.05) is 20.2 Å². The summed E-state index contributed by atoms with van der Waals surface area (Å²) in [6.07, 6.45) is 5.88. The lowest BCUT2D eigenvalue weighted by molar-refractivity contribution is -0.188. The van der Waals surface area contributed by atoms with Crippen molar-refractivity contribution in [1.82, 2.24) is 4.90 Å². The number of piperidine rings is 1. The SMILES string of the molecule is COC(=O)/C=C/C(=O)O.O=C1CC[C@@]2(O)[C@H]3Cc4ccc(O)c5c4[C@@]2(CCN3CC2CC2)[C@H]1O5. The van der Waals surface area contributed by atoms with E-state index in [1.165, 1.54) is 20.0 Å². The van der Waals surface area contributed by atoms with Crippen LogP contribution in [0.25, 0.3) is 0 Å². The maximum atomic E-state index is 12.7. The second kappa shape index (κ2) is 8.09. The first kappa shape index (κ1) is 22.9. The Balaban J connectivity index is 0.000000231. The number of carboxylic acids is 1. The van der Waals surface area contributed by atoms with Crippen LogP contribution in [0.3, 0.4) is 0 Å². The Bertz CT molecular complexity index is 1080. The fraction of sp³-hybridized carbons (Fsp3) is 0.560. The van der Waals surface area contributed by atoms with Gasteiger partial charge in [0, 0.05) is 36.7 Å². The number of carboxylic acid groups (broad SMARTS) is 1. The largest absolute Gasteiger partial charge is 0.504 e. The van der Waals surface area contributed by atoms with Crippen molar-refractivity contribution in [1.29, 1.82) is 0 Å². The highest BCUT2D eigenvalue weighted by Crippen LogP contribution is 2.64. The zero-order valence-electron chi connectivity index (χ0n) is 19.0. The molecule has 2 heterocycles. The number of hydrogen-bond donors (Lipinski definition) is 3. The number of phenolic OH excluding ortho intramolecular Hbond substituents is 1. The molecule has 9 nitrogen and oxygen atoms in total. The topological polar surface area (TPSA) is 134 Å². The summed E-state index contributed by atoms with van der Waals surface area (Å²) in [7, 11) is 1.18. The zero-order chi connectivity index (χ0) is 24.3. The van der Waals surface area contributed by atoms with Crippen LogP contribution in [0.2, 0.25) is 0 Å². The van der Waals surface area contributed by atoms with Gasteiger partial charge in [0.1, 0.15) is 0 Å². The third-order valence-electron chi connectivity index (χ3n) is 8.12. The van der Waals surface area contributed by atoms with Crippen molar-refractivity contribution >= 4 is 17.7 Å². The van der Waals surface area contributed by atoms with Gasteiger partial charge in [-0.25, -0.2) is 9.59 Å². The molecule has 1 aromatic carbocycles. The number of nitrogens with zero attached hydrogens (tertiary/aromatic N) is 1. The molecule has 0 radical (unpaired) electrons. The van der Waals surface area contributed by atoms with Crippen molar-refractivity contribution in [2.45, 2.75) is 61.7 Å². The third kappa shape index (κ3) is 3.32. The molecule has 5 aliphatic rings. The Morgan fingerprint density at radius 1 is 1.26 bits per heavy atom. The second-order valence-electron chi connectivity index (χ2n) is 9.91. The van der Waals surface area contributed by atoms with E-state index in [1.807, 2.05) is 6.07 Å². The first-order chi connectivity index (χ1) is 16.2. The first-order valence-electron chi connectivity index (χ1n) is 11.7. The molecule has 0 aromatic heterocycles. The fourth-order valence-electron chi connectivity index (χ4n) is 6.47. The molecule has 1 aromatic rings. The van der Waals surface area contributed by atoms with Crippen molar-refractivity contribution < 1.29 is 39.2 Å². The van der Waals surface area contributed by atoms with Gasteiger partial charge in [-0.1, -0.05) is 6.07 Å². The predicted molar refractivity (Wildman–Crippen MR) is 119 cm³/mol. The fourth-order valence-corrected chi connectivity index (χ4v) is 6.47. The molecule has 182 valence electrons. The standard InChI is InChI=1S/C20H23NO4.C5H6O4/c22-13-4-3-12-9-15-20(24)6-5-14(23)18-19(20,16(12)17(13)25-18)7-8-21(15)10-11-1-2-11;1-9-5(8)3-2-4(6)7/h3-4,11,15,18,22,24H,1-2,5-10H2;2-3H,1H3,(H,6,7)/b;3-2+/t15-,18+,19+,20-;/m1./s1. The number of aliphatic carboxylic acids is 1. The van der Waals surface area contributed by atoms with Crippen LogP contribution in [0.5, 0.6) is 11.5 Å². The number of carbonyl (C=O) groups excluding carboxylic acids is 2. The molecule has 0 amide bonds. The molecule has 2 saturated carbocycles. The highest BCUT2D eigenvalue weighted by atomic mass is 16.5. The van der Waals surface area contributed by atoms with Crippen molar-refractivity contribution in [3.8, 4) is 11.5 Å². The molecule has 3 N–H and O–H groups in total. The van der Waals surface area contributed by atoms with Gasteiger partial charge in [0.05, 0.1) is 18.1 Å². The number of aromatic hydroxyl groups is 1. The molecule has 1 spiro atoms. The number of benzene rings is 1. The number of aliphatic hydroxyl groups is 1. The third-order valence-corrected chi connectivity index (χ3v) is 8.12. The summed E-state index contributed by atoms with van der Waals surface area (Å²) in [4.78, 5) is 35.1. The van der Waals surface area contributed by atoms with Crippen LogP contribution in [0.15, 0.2) is 24.3 Å². The summed E-state index contributed by atoms with van der Waals surface area (Å²) in [6, 6.07) is 3.69. The first-order valence-corrected chi connectivity index (χ1v) is 11.7. The molecular weight excluding hydrogens is 442 g/mol. The Kier molecular flexibility index (Phi) is 5.44. The number of esters is 1. The lowest BCUT2D eigenvalue weighted by atomic mass is 9.49. The van der Waals surface area contributed by atoms with Gasteiger partial charge >= 0.3 is 11.9 Å². The van der Waals surface area contributed by atoms with E-state index >= 15 is 0 Å². The minimum absolute atomic E-state index is 0.0454. The summed E-state index contributed by atoms with van der Waals surface area (Å²) >= 11 is 0. The quantitative estimate of drug-likeness (QED) is 0.439. The van der Waals surface area contributed by atoms with Crippen LogP contribution in [-0.2, 0) is 31.0 Å². The zero-order valence-corrected chi connectivity index (χ0v) is 19.0. The van der Waals surface area contributed by atoms with E-state index in [2.05, 4.69) is 9.64 Å². The Morgan fingerprint density at radius 3 is 2.71 bits per heavy atom. The van der Waals surface area contributed by atoms with Crippen LogP contribution in [0, 0.1) is 5.92 Å². The van der Waals surface area contributed by atoms with Gasteiger partial charge in [-0.3, -0.25) is 9.69 Å². The average molecular weight is 472 g/mol. The Hall–Kier alpha value is -2.91. The normalized spacial score (nSPS) is 32.9. The molecule has 34 heavy (non-hydrogen) atoms. The van der Waals surface area contributed by atoms with E-state index in [4.69, 9.17) is 9.84 Å². The highest BCUT2D eigenvalue weighted by Gasteiger charge is 2.73. The van der Waals surface area contributed by atoms with Gasteiger partial charge < -0.3 is 24.8 Å². The van der Waals surface area contributed by atoms with E-state index in [-0.39, 0.29) is 17.6 Å². The van der Waals surface area contributed by atoms with Crippen molar-refractivity contribution in [3.05, 3.63) is 35.4 Å². The van der Waals surface area contributed by atoms with Gasteiger partial charge in [0.15, 0.2) is 23.4 Å². The van der Waals surface area contributed by atoms with Gasteiger partial charge in [-0.2, -0.15) is 0 Å². The Morgan fingerprint density at radius 2 is 2.03 bits per heavy atom. The molecule has 3 aliphatic carbocycles. The number of carbonyl (C=O) groups is 3. The van der Waals surface area contributed by atoms with Crippen LogP contribution in [-0.4, -0.2) is 75.9 Å². The molecule has 1 saturated heterocycles. The minimum atomic E-state index is -1.17. The minimum Gasteiger partial charge on any atom is -0.504 e. The molecule has 9 heteroatoms. The van der Waals surface area contributed by atoms with Crippen LogP contribution in [0.1, 0.15) is 43.2 Å². The molecular formula is C25H29NO8. The summed E-state index contributed by atoms with van der Waals surface area (Å²) in [5.41, 5.74) is 0.454. The number of ketones is 1. The lowest BCUT2D eigenvalue weighted by Gasteiger charge is -2.62. The van der Waals surface area contributed by atoms with Crippen molar-refractivity contribution in [2.24, 2.45) is 5.92 Å². The van der Waals surface area contributed by atoms with E-state index < -0.39 is 29.1 Å².